The van der Waals surface area contributed by atoms with Crippen molar-refractivity contribution in [3.05, 3.63) is 53.0 Å². The molecule has 0 saturated carbocycles. The highest BCUT2D eigenvalue weighted by atomic mass is 32.2. The molecule has 3 rings (SSSR count). The highest BCUT2D eigenvalue weighted by Gasteiger charge is 2.35. The van der Waals surface area contributed by atoms with E-state index in [1.54, 1.807) is 28.9 Å². The molecule has 2 aliphatic rings. The summed E-state index contributed by atoms with van der Waals surface area (Å²) in [6.07, 6.45) is 5.06. The van der Waals surface area contributed by atoms with Gasteiger partial charge in [-0.3, -0.25) is 14.5 Å². The number of hydrogen-bond donors (Lipinski definition) is 0. The second-order valence-corrected chi connectivity index (χ2v) is 8.30. The maximum atomic E-state index is 12.7. The van der Waals surface area contributed by atoms with Crippen LogP contribution in [0.3, 0.4) is 0 Å². The molecule has 9 heteroatoms. The molecular formula is C21H23N3O4S2. The second-order valence-electron chi connectivity index (χ2n) is 6.63. The average molecular weight is 446 g/mol. The highest BCUT2D eigenvalue weighted by molar-refractivity contribution is 8.26. The molecule has 7 nitrogen and oxygen atoms in total. The van der Waals surface area contributed by atoms with Crippen molar-refractivity contribution >= 4 is 52.3 Å². The van der Waals surface area contributed by atoms with Crippen LogP contribution >= 0.6 is 24.0 Å². The minimum Gasteiger partial charge on any atom is -0.450 e. The van der Waals surface area contributed by atoms with E-state index < -0.39 is 0 Å². The average Bonchev–Trinajstić information content (AvgIpc) is 3.02. The number of thioether (sulfide) groups is 1. The lowest BCUT2D eigenvalue weighted by molar-refractivity contribution is -0.136. The molecule has 0 bridgehead atoms. The smallest absolute Gasteiger partial charge is 0.409 e. The van der Waals surface area contributed by atoms with Gasteiger partial charge in [0.25, 0.3) is 5.91 Å². The van der Waals surface area contributed by atoms with Gasteiger partial charge >= 0.3 is 6.09 Å². The van der Waals surface area contributed by atoms with Crippen LogP contribution in [-0.4, -0.2) is 76.3 Å². The fraction of sp³-hybridized carbons (Fsp3) is 0.333. The van der Waals surface area contributed by atoms with E-state index in [4.69, 9.17) is 17.0 Å². The van der Waals surface area contributed by atoms with Gasteiger partial charge in [0.2, 0.25) is 5.91 Å². The van der Waals surface area contributed by atoms with Gasteiger partial charge in [-0.25, -0.2) is 4.79 Å². The Labute approximate surface area is 185 Å². The number of thiocarbonyl (C=S) groups is 1. The molecule has 0 aromatic heterocycles. The molecule has 3 amide bonds. The van der Waals surface area contributed by atoms with Gasteiger partial charge in [0.05, 0.1) is 11.5 Å². The van der Waals surface area contributed by atoms with Crippen LogP contribution in [0.4, 0.5) is 4.79 Å². The van der Waals surface area contributed by atoms with Crippen LogP contribution in [0.15, 0.2) is 47.4 Å². The fourth-order valence-electron chi connectivity index (χ4n) is 3.05. The molecular weight excluding hydrogens is 422 g/mol. The van der Waals surface area contributed by atoms with Gasteiger partial charge in [-0.05, 0) is 18.6 Å². The number of amides is 3. The third kappa shape index (κ3) is 5.48. The lowest BCUT2D eigenvalue weighted by Gasteiger charge is -2.34. The van der Waals surface area contributed by atoms with Gasteiger partial charge in [-0.1, -0.05) is 66.5 Å². The van der Waals surface area contributed by atoms with Crippen LogP contribution in [0, 0.1) is 0 Å². The standard InChI is InChI=1S/C21H23N3O4S2/c1-2-28-20(27)23-13-11-22(12-14-23)18(25)15-24-19(26)17(30-21(24)29)10-6-9-16-7-4-3-5-8-16/h3-10H,2,11-15H2,1H3/b9-6+,17-10-. The van der Waals surface area contributed by atoms with Gasteiger partial charge in [-0.2, -0.15) is 0 Å². The van der Waals surface area contributed by atoms with Crippen molar-refractivity contribution in [1.29, 1.82) is 0 Å². The molecule has 2 aliphatic heterocycles. The van der Waals surface area contributed by atoms with Gasteiger partial charge in [0.15, 0.2) is 0 Å². The molecule has 30 heavy (non-hydrogen) atoms. The summed E-state index contributed by atoms with van der Waals surface area (Å²) in [6.45, 7) is 3.61. The normalized spacial score (nSPS) is 18.6. The van der Waals surface area contributed by atoms with Gasteiger partial charge < -0.3 is 14.5 Å². The van der Waals surface area contributed by atoms with Crippen LogP contribution in [0.1, 0.15) is 12.5 Å². The van der Waals surface area contributed by atoms with Crippen LogP contribution in [-0.2, 0) is 14.3 Å². The van der Waals surface area contributed by atoms with Crippen LogP contribution < -0.4 is 0 Å². The first-order valence-corrected chi connectivity index (χ1v) is 10.9. The van der Waals surface area contributed by atoms with Crippen LogP contribution in [0.2, 0.25) is 0 Å². The van der Waals surface area contributed by atoms with Crippen molar-refractivity contribution in [1.82, 2.24) is 14.7 Å². The molecule has 0 N–H and O–H groups in total. The summed E-state index contributed by atoms with van der Waals surface area (Å²) in [7, 11) is 0. The first kappa shape index (κ1) is 22.0. The van der Waals surface area contributed by atoms with E-state index in [-0.39, 0.29) is 24.5 Å². The zero-order valence-corrected chi connectivity index (χ0v) is 18.3. The fourth-order valence-corrected chi connectivity index (χ4v) is 4.26. The van der Waals surface area contributed by atoms with Gasteiger partial charge in [-0.15, -0.1) is 0 Å². The first-order valence-electron chi connectivity index (χ1n) is 9.66. The minimum atomic E-state index is -0.366. The summed E-state index contributed by atoms with van der Waals surface area (Å²) in [5.41, 5.74) is 1.03. The number of piperazine rings is 1. The van der Waals surface area contributed by atoms with E-state index in [0.29, 0.717) is 42.0 Å². The third-order valence-corrected chi connectivity index (χ3v) is 6.06. The Morgan fingerprint density at radius 1 is 1.13 bits per heavy atom. The van der Waals surface area contributed by atoms with Crippen molar-refractivity contribution < 1.29 is 19.1 Å². The summed E-state index contributed by atoms with van der Waals surface area (Å²) in [4.78, 5) is 42.1. The van der Waals surface area contributed by atoms with Crippen LogP contribution in [0.25, 0.3) is 6.08 Å². The van der Waals surface area contributed by atoms with E-state index in [1.807, 2.05) is 36.4 Å². The maximum Gasteiger partial charge on any atom is 0.409 e. The van der Waals surface area contributed by atoms with Crippen LogP contribution in [0.5, 0.6) is 0 Å². The Morgan fingerprint density at radius 3 is 2.47 bits per heavy atom. The Bertz CT molecular complexity index is 877. The molecule has 0 unspecified atom stereocenters. The lowest BCUT2D eigenvalue weighted by atomic mass is 10.2. The number of allylic oxidation sites excluding steroid dienone is 2. The first-order chi connectivity index (χ1) is 14.5. The molecule has 0 radical (unpaired) electrons. The summed E-state index contributed by atoms with van der Waals surface area (Å²) in [6, 6.07) is 9.76. The molecule has 158 valence electrons. The predicted molar refractivity (Wildman–Crippen MR) is 121 cm³/mol. The van der Waals surface area contributed by atoms with Crippen molar-refractivity contribution in [2.24, 2.45) is 0 Å². The van der Waals surface area contributed by atoms with E-state index >= 15 is 0 Å². The zero-order valence-electron chi connectivity index (χ0n) is 16.7. The predicted octanol–water partition coefficient (Wildman–Crippen LogP) is 2.74. The molecule has 0 atom stereocenters. The molecule has 0 aliphatic carbocycles. The van der Waals surface area contributed by atoms with E-state index in [0.717, 1.165) is 5.56 Å². The maximum absolute atomic E-state index is 12.7. The number of nitrogens with zero attached hydrogens (tertiary/aromatic N) is 3. The molecule has 1 aromatic carbocycles. The van der Waals surface area contributed by atoms with Crippen molar-refractivity contribution in [3.63, 3.8) is 0 Å². The van der Waals surface area contributed by atoms with E-state index in [1.165, 1.54) is 16.7 Å². The Balaban J connectivity index is 1.54. The number of carbonyl (C=O) groups excluding carboxylic acids is 3. The summed E-state index contributed by atoms with van der Waals surface area (Å²) in [5.74, 6) is -0.447. The minimum absolute atomic E-state index is 0.0934. The van der Waals surface area contributed by atoms with E-state index in [2.05, 4.69) is 0 Å². The largest absolute Gasteiger partial charge is 0.450 e. The molecule has 2 fully saturated rings. The molecule has 2 saturated heterocycles. The third-order valence-electron chi connectivity index (χ3n) is 4.66. The molecule has 2 heterocycles. The van der Waals surface area contributed by atoms with E-state index in [9.17, 15) is 14.4 Å². The van der Waals surface area contributed by atoms with Crippen molar-refractivity contribution in [2.75, 3.05) is 39.3 Å². The summed E-state index contributed by atoms with van der Waals surface area (Å²) in [5, 5.41) is 0. The second kappa shape index (κ2) is 10.4. The zero-order chi connectivity index (χ0) is 21.5. The summed E-state index contributed by atoms with van der Waals surface area (Å²) < 4.78 is 5.36. The topological polar surface area (TPSA) is 70.2 Å². The SMILES string of the molecule is CCOC(=O)N1CCN(C(=O)CN2C(=O)/C(=C/C=C/c3ccccc3)SC2=S)CC1. The Hall–Kier alpha value is -2.65. The Kier molecular flexibility index (Phi) is 7.64. The Morgan fingerprint density at radius 2 is 1.80 bits per heavy atom. The quantitative estimate of drug-likeness (QED) is 0.513. The summed E-state index contributed by atoms with van der Waals surface area (Å²) >= 11 is 6.50. The van der Waals surface area contributed by atoms with Crippen molar-refractivity contribution in [3.8, 4) is 0 Å². The number of benzene rings is 1. The lowest BCUT2D eigenvalue weighted by Crippen LogP contribution is -2.53. The number of rotatable bonds is 5. The molecule has 0 spiro atoms. The highest BCUT2D eigenvalue weighted by Crippen LogP contribution is 2.31. The number of ether oxygens (including phenoxy) is 1. The number of carbonyl (C=O) groups is 3. The molecule has 1 aromatic rings. The van der Waals surface area contributed by atoms with Crippen molar-refractivity contribution in [2.45, 2.75) is 6.92 Å². The number of hydrogen-bond acceptors (Lipinski definition) is 6. The van der Waals surface area contributed by atoms with Gasteiger partial charge in [0, 0.05) is 26.2 Å². The van der Waals surface area contributed by atoms with Gasteiger partial charge in [0.1, 0.15) is 10.9 Å². The monoisotopic (exact) mass is 445 g/mol.